The van der Waals surface area contributed by atoms with Crippen molar-refractivity contribution in [2.24, 2.45) is 0 Å². The summed E-state index contributed by atoms with van der Waals surface area (Å²) in [5, 5.41) is 18.7. The summed E-state index contributed by atoms with van der Waals surface area (Å²) in [6.07, 6.45) is 6.45. The summed E-state index contributed by atoms with van der Waals surface area (Å²) in [6, 6.07) is 7.06. The molecule has 0 aliphatic heterocycles. The van der Waals surface area contributed by atoms with Crippen molar-refractivity contribution in [1.82, 2.24) is 24.9 Å². The van der Waals surface area contributed by atoms with E-state index >= 15 is 0 Å². The van der Waals surface area contributed by atoms with Gasteiger partial charge < -0.3 is 10.0 Å². The first kappa shape index (κ1) is 13.3. The van der Waals surface area contributed by atoms with Crippen LogP contribution in [0.2, 0.25) is 0 Å². The van der Waals surface area contributed by atoms with Gasteiger partial charge in [0, 0.05) is 35.9 Å². The van der Waals surface area contributed by atoms with Gasteiger partial charge in [0.1, 0.15) is 0 Å². The normalized spacial score (nSPS) is 10.4. The minimum Gasteiger partial charge on any atom is -0.421 e. The summed E-state index contributed by atoms with van der Waals surface area (Å²) in [5.74, 6) is 0.639. The van der Waals surface area contributed by atoms with Crippen LogP contribution < -0.4 is 5.72 Å². The lowest BCUT2D eigenvalue weighted by molar-refractivity contribution is 0.422. The molecule has 0 spiro atoms. The van der Waals surface area contributed by atoms with E-state index in [-0.39, 0.29) is 5.72 Å². The number of rotatable bonds is 3. The first-order valence-corrected chi connectivity index (χ1v) is 6.17. The molecule has 21 heavy (non-hydrogen) atoms. The number of pyridine rings is 2. The van der Waals surface area contributed by atoms with Crippen molar-refractivity contribution in [3.63, 3.8) is 0 Å². The third-order valence-corrected chi connectivity index (χ3v) is 2.72. The molecule has 7 nitrogen and oxygen atoms in total. The zero-order valence-electron chi connectivity index (χ0n) is 10.8. The molecule has 3 heterocycles. The summed E-state index contributed by atoms with van der Waals surface area (Å²) in [7, 11) is -1.78. The molecule has 0 amide bonds. The van der Waals surface area contributed by atoms with Crippen molar-refractivity contribution in [3.8, 4) is 22.8 Å². The van der Waals surface area contributed by atoms with Crippen LogP contribution in [0, 0.1) is 0 Å². The highest BCUT2D eigenvalue weighted by Crippen LogP contribution is 2.16. The van der Waals surface area contributed by atoms with Crippen molar-refractivity contribution in [3.05, 3.63) is 49.1 Å². The van der Waals surface area contributed by atoms with Crippen LogP contribution in [-0.4, -0.2) is 42.1 Å². The third-order valence-electron chi connectivity index (χ3n) is 2.72. The Morgan fingerprint density at radius 3 is 1.67 bits per heavy atom. The Balaban J connectivity index is 2.16. The van der Waals surface area contributed by atoms with Gasteiger partial charge in [0.05, 0.1) is 0 Å². The summed E-state index contributed by atoms with van der Waals surface area (Å²) >= 11 is 0. The SMILES string of the molecule is OB(O)c1nc(-c2cccnc2)nc(-c2cccnc2)n1. The number of aromatic nitrogens is 5. The highest BCUT2D eigenvalue weighted by Gasteiger charge is 2.19. The molecule has 3 rings (SSSR count). The quantitative estimate of drug-likeness (QED) is 0.633. The average molecular weight is 279 g/mol. The average Bonchev–Trinajstić information content (AvgIpc) is 2.56. The van der Waals surface area contributed by atoms with Crippen LogP contribution in [0.25, 0.3) is 22.8 Å². The summed E-state index contributed by atoms with van der Waals surface area (Å²) in [6.45, 7) is 0. The van der Waals surface area contributed by atoms with Gasteiger partial charge in [0.25, 0.3) is 0 Å². The maximum absolute atomic E-state index is 9.34. The van der Waals surface area contributed by atoms with E-state index in [1.54, 1.807) is 49.1 Å². The number of hydrogen-bond donors (Lipinski definition) is 2. The van der Waals surface area contributed by atoms with Gasteiger partial charge in [-0.05, 0) is 24.3 Å². The lowest BCUT2D eigenvalue weighted by Crippen LogP contribution is -2.36. The summed E-state index contributed by atoms with van der Waals surface area (Å²) in [4.78, 5) is 20.4. The molecule has 0 unspecified atom stereocenters. The molecule has 2 N–H and O–H groups in total. The van der Waals surface area contributed by atoms with E-state index in [4.69, 9.17) is 0 Å². The monoisotopic (exact) mass is 279 g/mol. The molecular formula is C13H10BN5O2. The zero-order valence-corrected chi connectivity index (χ0v) is 10.8. The van der Waals surface area contributed by atoms with Crippen LogP contribution in [0.1, 0.15) is 0 Å². The van der Waals surface area contributed by atoms with Gasteiger partial charge >= 0.3 is 7.12 Å². The first-order valence-electron chi connectivity index (χ1n) is 6.17. The predicted octanol–water partition coefficient (Wildman–Crippen LogP) is -0.325. The fraction of sp³-hybridized carbons (Fsp3) is 0. The lowest BCUT2D eigenvalue weighted by Gasteiger charge is -2.06. The standard InChI is InChI=1S/C13H10BN5O2/c20-14(21)13-18-11(9-3-1-5-15-7-9)17-12(19-13)10-4-2-6-16-8-10/h1-8,20-21H. The second-order valence-corrected chi connectivity index (χ2v) is 4.20. The minimum absolute atomic E-state index is 0.122. The maximum Gasteiger partial charge on any atom is 0.528 e. The Bertz CT molecular complexity index is 682. The molecule has 0 atom stereocenters. The number of nitrogens with zero attached hydrogens (tertiary/aromatic N) is 5. The van der Waals surface area contributed by atoms with Crippen LogP contribution in [-0.2, 0) is 0 Å². The van der Waals surface area contributed by atoms with Gasteiger partial charge in [-0.15, -0.1) is 0 Å². The zero-order chi connectivity index (χ0) is 14.7. The Morgan fingerprint density at radius 1 is 0.762 bits per heavy atom. The maximum atomic E-state index is 9.34. The Morgan fingerprint density at radius 2 is 1.29 bits per heavy atom. The van der Waals surface area contributed by atoms with E-state index in [0.717, 1.165) is 0 Å². The first-order chi connectivity index (χ1) is 10.2. The van der Waals surface area contributed by atoms with E-state index < -0.39 is 7.12 Å². The largest absolute Gasteiger partial charge is 0.528 e. The van der Waals surface area contributed by atoms with E-state index in [2.05, 4.69) is 24.9 Å². The lowest BCUT2D eigenvalue weighted by atomic mass is 9.90. The smallest absolute Gasteiger partial charge is 0.421 e. The molecule has 0 saturated carbocycles. The number of hydrogen-bond acceptors (Lipinski definition) is 7. The second kappa shape index (κ2) is 5.74. The molecule has 0 aliphatic carbocycles. The molecule has 8 heteroatoms. The van der Waals surface area contributed by atoms with Gasteiger partial charge in [0.15, 0.2) is 17.4 Å². The van der Waals surface area contributed by atoms with Gasteiger partial charge in [-0.1, -0.05) is 0 Å². The van der Waals surface area contributed by atoms with Crippen LogP contribution in [0.4, 0.5) is 0 Å². The predicted molar refractivity (Wildman–Crippen MR) is 76.1 cm³/mol. The van der Waals surface area contributed by atoms with E-state index in [1.807, 2.05) is 0 Å². The van der Waals surface area contributed by atoms with Crippen molar-refractivity contribution >= 4 is 12.8 Å². The van der Waals surface area contributed by atoms with Crippen molar-refractivity contribution < 1.29 is 10.0 Å². The molecule has 0 bridgehead atoms. The molecule has 102 valence electrons. The summed E-state index contributed by atoms with van der Waals surface area (Å²) < 4.78 is 0. The van der Waals surface area contributed by atoms with Gasteiger partial charge in [-0.25, -0.2) is 15.0 Å². The van der Waals surface area contributed by atoms with Crippen LogP contribution >= 0.6 is 0 Å². The molecule has 0 fully saturated rings. The van der Waals surface area contributed by atoms with Crippen molar-refractivity contribution in [1.29, 1.82) is 0 Å². The molecule has 3 aromatic rings. The Kier molecular flexibility index (Phi) is 3.63. The molecular weight excluding hydrogens is 269 g/mol. The Labute approximate surface area is 120 Å². The van der Waals surface area contributed by atoms with Crippen molar-refractivity contribution in [2.45, 2.75) is 0 Å². The molecule has 0 aliphatic rings. The van der Waals surface area contributed by atoms with Gasteiger partial charge in [0.2, 0.25) is 0 Å². The second-order valence-electron chi connectivity index (χ2n) is 4.20. The Hall–Kier alpha value is -2.71. The van der Waals surface area contributed by atoms with Gasteiger partial charge in [-0.3, -0.25) is 9.97 Å². The fourth-order valence-electron chi connectivity index (χ4n) is 1.76. The van der Waals surface area contributed by atoms with E-state index in [9.17, 15) is 10.0 Å². The van der Waals surface area contributed by atoms with E-state index in [1.165, 1.54) is 0 Å². The van der Waals surface area contributed by atoms with Gasteiger partial charge in [-0.2, -0.15) is 0 Å². The van der Waals surface area contributed by atoms with Crippen LogP contribution in [0.15, 0.2) is 49.1 Å². The molecule has 3 aromatic heterocycles. The van der Waals surface area contributed by atoms with E-state index in [0.29, 0.717) is 22.8 Å². The third kappa shape index (κ3) is 2.91. The summed E-state index contributed by atoms with van der Waals surface area (Å²) in [5.41, 5.74) is 1.20. The molecule has 0 saturated heterocycles. The van der Waals surface area contributed by atoms with Crippen LogP contribution in [0.5, 0.6) is 0 Å². The fourth-order valence-corrected chi connectivity index (χ4v) is 1.76. The molecule has 0 radical (unpaired) electrons. The minimum atomic E-state index is -1.78. The topological polar surface area (TPSA) is 105 Å². The highest BCUT2D eigenvalue weighted by molar-refractivity contribution is 6.56. The highest BCUT2D eigenvalue weighted by atomic mass is 16.4. The van der Waals surface area contributed by atoms with Crippen molar-refractivity contribution in [2.75, 3.05) is 0 Å². The van der Waals surface area contributed by atoms with Crippen LogP contribution in [0.3, 0.4) is 0 Å². The molecule has 0 aromatic carbocycles.